The molecule has 0 radical (unpaired) electrons. The Hall–Kier alpha value is -1.25. The Morgan fingerprint density at radius 1 is 1.38 bits per heavy atom. The first-order valence-corrected chi connectivity index (χ1v) is 7.05. The van der Waals surface area contributed by atoms with Crippen molar-refractivity contribution in [2.45, 2.75) is 6.42 Å². The van der Waals surface area contributed by atoms with Gasteiger partial charge in [0.2, 0.25) is 9.05 Å². The molecule has 6 heteroatoms. The fourth-order valence-electron chi connectivity index (χ4n) is 1.10. The second-order valence-corrected chi connectivity index (χ2v) is 5.95. The summed E-state index contributed by atoms with van der Waals surface area (Å²) < 4.78 is 26.5. The molecule has 0 aromatic heterocycles. The van der Waals surface area contributed by atoms with Crippen LogP contribution in [0, 0.1) is 11.3 Å². The van der Waals surface area contributed by atoms with Gasteiger partial charge < -0.3 is 4.74 Å². The van der Waals surface area contributed by atoms with Crippen LogP contribution in [0.15, 0.2) is 24.3 Å². The molecule has 16 heavy (non-hydrogen) atoms. The van der Waals surface area contributed by atoms with Crippen molar-refractivity contribution in [1.82, 2.24) is 0 Å². The van der Waals surface area contributed by atoms with Gasteiger partial charge in [-0.1, -0.05) is 12.1 Å². The van der Waals surface area contributed by atoms with Crippen molar-refractivity contribution in [3.05, 3.63) is 29.8 Å². The molecular formula is C10H10ClNO3S. The minimum atomic E-state index is -3.47. The largest absolute Gasteiger partial charge is 0.492 e. The van der Waals surface area contributed by atoms with Crippen LogP contribution in [0.4, 0.5) is 0 Å². The second-order valence-electron chi connectivity index (χ2n) is 3.05. The average Bonchev–Trinajstić information content (AvgIpc) is 2.23. The number of para-hydroxylation sites is 1. The fourth-order valence-corrected chi connectivity index (χ4v) is 1.89. The smallest absolute Gasteiger partial charge is 0.232 e. The fraction of sp³-hybridized carbons (Fsp3) is 0.300. The van der Waals surface area contributed by atoms with Crippen LogP contribution in [0.25, 0.3) is 0 Å². The monoisotopic (exact) mass is 259 g/mol. The van der Waals surface area contributed by atoms with Crippen molar-refractivity contribution in [3.8, 4) is 11.8 Å². The zero-order valence-electron chi connectivity index (χ0n) is 8.39. The van der Waals surface area contributed by atoms with Crippen LogP contribution in [-0.4, -0.2) is 20.8 Å². The van der Waals surface area contributed by atoms with Crippen LogP contribution in [0.3, 0.4) is 0 Å². The predicted octanol–water partition coefficient (Wildman–Crippen LogP) is 1.90. The summed E-state index contributed by atoms with van der Waals surface area (Å²) >= 11 is 0. The summed E-state index contributed by atoms with van der Waals surface area (Å²) in [6.07, 6.45) is 0.297. The molecule has 1 aromatic carbocycles. The molecule has 0 aliphatic rings. The summed E-state index contributed by atoms with van der Waals surface area (Å²) in [6, 6.07) is 8.75. The van der Waals surface area contributed by atoms with Gasteiger partial charge in [-0.15, -0.1) is 0 Å². The van der Waals surface area contributed by atoms with E-state index >= 15 is 0 Å². The van der Waals surface area contributed by atoms with Crippen LogP contribution in [0.2, 0.25) is 0 Å². The van der Waals surface area contributed by atoms with E-state index in [9.17, 15) is 8.42 Å². The van der Waals surface area contributed by atoms with E-state index in [2.05, 4.69) is 0 Å². The molecule has 0 saturated carbocycles. The number of halogens is 1. The first-order valence-electron chi connectivity index (χ1n) is 4.57. The van der Waals surface area contributed by atoms with Crippen molar-refractivity contribution in [2.75, 3.05) is 12.4 Å². The summed E-state index contributed by atoms with van der Waals surface area (Å²) in [5, 5.41) is 8.76. The van der Waals surface area contributed by atoms with Crippen LogP contribution in [0.1, 0.15) is 12.0 Å². The number of ether oxygens (including phenoxy) is 1. The lowest BCUT2D eigenvalue weighted by Crippen LogP contribution is -2.05. The van der Waals surface area contributed by atoms with Crippen molar-refractivity contribution in [2.24, 2.45) is 0 Å². The summed E-state index contributed by atoms with van der Waals surface area (Å²) in [6.45, 7) is 0.213. The van der Waals surface area contributed by atoms with Gasteiger partial charge in [-0.05, 0) is 18.6 Å². The maximum Gasteiger partial charge on any atom is 0.232 e. The van der Waals surface area contributed by atoms with Crippen LogP contribution < -0.4 is 4.74 Å². The molecule has 86 valence electrons. The molecular weight excluding hydrogens is 250 g/mol. The van der Waals surface area contributed by atoms with Gasteiger partial charge in [0.1, 0.15) is 11.8 Å². The SMILES string of the molecule is N#Cc1ccccc1OCCCS(=O)(=O)Cl. The third-order valence-corrected chi connectivity index (χ3v) is 3.04. The molecule has 4 nitrogen and oxygen atoms in total. The highest BCUT2D eigenvalue weighted by Gasteiger charge is 2.05. The Bertz CT molecular complexity index is 493. The quantitative estimate of drug-likeness (QED) is 0.598. The standard InChI is InChI=1S/C10H10ClNO3S/c11-16(13,14)7-3-6-15-10-5-2-1-4-9(10)8-12/h1-2,4-5H,3,6-7H2. The van der Waals surface area contributed by atoms with E-state index in [1.54, 1.807) is 24.3 Å². The van der Waals surface area contributed by atoms with Gasteiger partial charge in [0, 0.05) is 10.7 Å². The van der Waals surface area contributed by atoms with E-state index in [1.165, 1.54) is 0 Å². The Kier molecular flexibility index (Phi) is 4.59. The third-order valence-electron chi connectivity index (χ3n) is 1.80. The summed E-state index contributed by atoms with van der Waals surface area (Å²) in [5.41, 5.74) is 0.427. The van der Waals surface area contributed by atoms with E-state index in [0.29, 0.717) is 17.7 Å². The lowest BCUT2D eigenvalue weighted by Gasteiger charge is -2.06. The Morgan fingerprint density at radius 3 is 2.69 bits per heavy atom. The molecule has 0 fully saturated rings. The minimum Gasteiger partial charge on any atom is -0.492 e. The van der Waals surface area contributed by atoms with Crippen molar-refractivity contribution in [3.63, 3.8) is 0 Å². The molecule has 0 heterocycles. The zero-order valence-corrected chi connectivity index (χ0v) is 9.96. The molecule has 0 bridgehead atoms. The molecule has 0 spiro atoms. The molecule has 0 aliphatic heterocycles. The number of hydrogen-bond donors (Lipinski definition) is 0. The van der Waals surface area contributed by atoms with E-state index in [0.717, 1.165) is 0 Å². The molecule has 1 aromatic rings. The van der Waals surface area contributed by atoms with Gasteiger partial charge in [0.25, 0.3) is 0 Å². The van der Waals surface area contributed by atoms with E-state index < -0.39 is 9.05 Å². The molecule has 0 N–H and O–H groups in total. The highest BCUT2D eigenvalue weighted by molar-refractivity contribution is 8.13. The molecule has 0 unspecified atom stereocenters. The molecule has 1 rings (SSSR count). The number of hydrogen-bond acceptors (Lipinski definition) is 4. The lowest BCUT2D eigenvalue weighted by atomic mass is 10.2. The predicted molar refractivity (Wildman–Crippen MR) is 60.9 cm³/mol. The highest BCUT2D eigenvalue weighted by Crippen LogP contribution is 2.16. The van der Waals surface area contributed by atoms with Gasteiger partial charge in [-0.3, -0.25) is 0 Å². The second kappa shape index (κ2) is 5.73. The van der Waals surface area contributed by atoms with E-state index in [-0.39, 0.29) is 12.4 Å². The maximum absolute atomic E-state index is 10.6. The minimum absolute atomic E-state index is 0.136. The topological polar surface area (TPSA) is 67.2 Å². The van der Waals surface area contributed by atoms with Crippen molar-refractivity contribution >= 4 is 19.7 Å². The van der Waals surface area contributed by atoms with Gasteiger partial charge >= 0.3 is 0 Å². The molecule has 0 atom stereocenters. The Balaban J connectivity index is 2.47. The summed E-state index contributed by atoms with van der Waals surface area (Å²) in [5.74, 6) is 0.320. The first-order chi connectivity index (χ1) is 7.53. The number of nitrogens with zero attached hydrogens (tertiary/aromatic N) is 1. The van der Waals surface area contributed by atoms with Crippen molar-refractivity contribution in [1.29, 1.82) is 5.26 Å². The lowest BCUT2D eigenvalue weighted by molar-refractivity contribution is 0.317. The normalized spacial score (nSPS) is 10.8. The number of rotatable bonds is 5. The zero-order chi connectivity index (χ0) is 12.0. The molecule has 0 amide bonds. The number of nitriles is 1. The molecule has 0 aliphatic carbocycles. The van der Waals surface area contributed by atoms with Crippen LogP contribution in [-0.2, 0) is 9.05 Å². The third kappa shape index (κ3) is 4.51. The Morgan fingerprint density at radius 2 is 2.06 bits per heavy atom. The Labute approximate surface area is 98.8 Å². The van der Waals surface area contributed by atoms with Crippen LogP contribution >= 0.6 is 10.7 Å². The van der Waals surface area contributed by atoms with E-state index in [1.807, 2.05) is 6.07 Å². The van der Waals surface area contributed by atoms with Gasteiger partial charge in [-0.2, -0.15) is 5.26 Å². The van der Waals surface area contributed by atoms with Crippen LogP contribution in [0.5, 0.6) is 5.75 Å². The molecule has 0 saturated heterocycles. The highest BCUT2D eigenvalue weighted by atomic mass is 35.7. The van der Waals surface area contributed by atoms with Gasteiger partial charge in [0.15, 0.2) is 0 Å². The van der Waals surface area contributed by atoms with Crippen molar-refractivity contribution < 1.29 is 13.2 Å². The summed E-state index contributed by atoms with van der Waals surface area (Å²) in [7, 11) is 1.57. The summed E-state index contributed by atoms with van der Waals surface area (Å²) in [4.78, 5) is 0. The number of benzene rings is 1. The first kappa shape index (κ1) is 12.8. The maximum atomic E-state index is 10.6. The van der Waals surface area contributed by atoms with E-state index in [4.69, 9.17) is 20.7 Å². The van der Waals surface area contributed by atoms with Gasteiger partial charge in [-0.25, -0.2) is 8.42 Å². The average molecular weight is 260 g/mol. The van der Waals surface area contributed by atoms with Gasteiger partial charge in [0.05, 0.1) is 17.9 Å².